The summed E-state index contributed by atoms with van der Waals surface area (Å²) in [5, 5.41) is 13.1. The van der Waals surface area contributed by atoms with Gasteiger partial charge in [-0.2, -0.15) is 0 Å². The van der Waals surface area contributed by atoms with Crippen LogP contribution in [-0.4, -0.2) is 52.6 Å². The van der Waals surface area contributed by atoms with E-state index >= 15 is 0 Å². The summed E-state index contributed by atoms with van der Waals surface area (Å²) in [7, 11) is 0. The van der Waals surface area contributed by atoms with Crippen LogP contribution >= 0.6 is 0 Å². The zero-order valence-electron chi connectivity index (χ0n) is 11.7. The highest BCUT2D eigenvalue weighted by Crippen LogP contribution is 2.10. The number of nitrogens with zero attached hydrogens (tertiary/aromatic N) is 3. The number of aromatic nitrogens is 3. The summed E-state index contributed by atoms with van der Waals surface area (Å²) in [4.78, 5) is 22.8. The molecule has 1 aliphatic heterocycles. The molecule has 0 aliphatic carbocycles. The van der Waals surface area contributed by atoms with Crippen molar-refractivity contribution in [2.75, 3.05) is 19.7 Å². The summed E-state index contributed by atoms with van der Waals surface area (Å²) in [6.07, 6.45) is 3.75. The Morgan fingerprint density at radius 1 is 1.43 bits per heavy atom. The molecule has 2 amide bonds. The minimum absolute atomic E-state index is 0.0697. The van der Waals surface area contributed by atoms with Gasteiger partial charge in [0.25, 0.3) is 0 Å². The van der Waals surface area contributed by atoms with Crippen LogP contribution in [0.4, 0.5) is 0 Å². The van der Waals surface area contributed by atoms with Crippen molar-refractivity contribution >= 4 is 11.8 Å². The van der Waals surface area contributed by atoms with E-state index in [9.17, 15) is 9.59 Å². The molecule has 0 spiro atoms. The van der Waals surface area contributed by atoms with E-state index in [1.165, 1.54) is 4.68 Å². The lowest BCUT2D eigenvalue weighted by Gasteiger charge is -2.10. The largest absolute Gasteiger partial charge is 0.376 e. The lowest BCUT2D eigenvalue weighted by molar-refractivity contribution is -0.122. The number of nitrogens with two attached hydrogens (primary N) is 1. The second-order valence-electron chi connectivity index (χ2n) is 4.83. The molecule has 0 saturated carbocycles. The van der Waals surface area contributed by atoms with Gasteiger partial charge >= 0.3 is 0 Å². The molecule has 1 atom stereocenters. The molecule has 0 bridgehead atoms. The maximum absolute atomic E-state index is 11.7. The van der Waals surface area contributed by atoms with Crippen LogP contribution in [0.1, 0.15) is 18.5 Å². The summed E-state index contributed by atoms with van der Waals surface area (Å²) >= 11 is 0. The summed E-state index contributed by atoms with van der Waals surface area (Å²) < 4.78 is 6.85. The first-order valence-electron chi connectivity index (χ1n) is 6.91. The van der Waals surface area contributed by atoms with Crippen LogP contribution in [0, 0.1) is 0 Å². The van der Waals surface area contributed by atoms with E-state index in [1.807, 2.05) is 0 Å². The smallest absolute Gasteiger partial charge is 0.241 e. The number of amides is 2. The van der Waals surface area contributed by atoms with Crippen LogP contribution in [0.2, 0.25) is 0 Å². The Morgan fingerprint density at radius 2 is 2.29 bits per heavy atom. The average molecular weight is 296 g/mol. The Morgan fingerprint density at radius 3 is 3.00 bits per heavy atom. The molecule has 116 valence electrons. The topological polar surface area (TPSA) is 124 Å². The minimum atomic E-state index is -0.265. The molecular weight excluding hydrogens is 276 g/mol. The zero-order chi connectivity index (χ0) is 15.1. The molecule has 9 nitrogen and oxygen atoms in total. The maximum Gasteiger partial charge on any atom is 0.241 e. The third-order valence-electron chi connectivity index (χ3n) is 3.09. The van der Waals surface area contributed by atoms with Gasteiger partial charge < -0.3 is 21.1 Å². The molecule has 1 saturated heterocycles. The van der Waals surface area contributed by atoms with Crippen molar-refractivity contribution in [2.45, 2.75) is 32.0 Å². The van der Waals surface area contributed by atoms with Gasteiger partial charge in [0.05, 0.1) is 25.4 Å². The molecule has 1 fully saturated rings. The second kappa shape index (κ2) is 7.70. The van der Waals surface area contributed by atoms with Gasteiger partial charge in [-0.3, -0.25) is 9.59 Å². The number of nitrogens with one attached hydrogen (secondary N) is 2. The van der Waals surface area contributed by atoms with Crippen molar-refractivity contribution in [3.05, 3.63) is 11.9 Å². The minimum Gasteiger partial charge on any atom is -0.376 e. The first kappa shape index (κ1) is 15.4. The predicted octanol–water partition coefficient (Wildman–Crippen LogP) is -1.85. The lowest BCUT2D eigenvalue weighted by atomic mass is 10.2. The molecular formula is C12H20N6O3. The Balaban J connectivity index is 1.70. The van der Waals surface area contributed by atoms with Crippen LogP contribution in [-0.2, 0) is 27.4 Å². The van der Waals surface area contributed by atoms with Gasteiger partial charge in [0.1, 0.15) is 12.2 Å². The lowest BCUT2D eigenvalue weighted by Crippen LogP contribution is -2.34. The molecule has 0 radical (unpaired) electrons. The highest BCUT2D eigenvalue weighted by Gasteiger charge is 2.16. The Kier molecular flexibility index (Phi) is 5.64. The fourth-order valence-electron chi connectivity index (χ4n) is 1.99. The van der Waals surface area contributed by atoms with E-state index in [-0.39, 0.29) is 37.6 Å². The Bertz CT molecular complexity index is 483. The summed E-state index contributed by atoms with van der Waals surface area (Å²) in [5.41, 5.74) is 5.75. The molecule has 2 rings (SSSR count). The summed E-state index contributed by atoms with van der Waals surface area (Å²) in [6.45, 7) is 1.55. The quantitative estimate of drug-likeness (QED) is 0.542. The predicted molar refractivity (Wildman–Crippen MR) is 72.9 cm³/mol. The van der Waals surface area contributed by atoms with Crippen molar-refractivity contribution in [1.29, 1.82) is 0 Å². The number of hydrogen-bond donors (Lipinski definition) is 3. The third kappa shape index (κ3) is 5.12. The molecule has 1 aromatic heterocycles. The van der Waals surface area contributed by atoms with E-state index in [0.29, 0.717) is 12.2 Å². The third-order valence-corrected chi connectivity index (χ3v) is 3.09. The van der Waals surface area contributed by atoms with Crippen molar-refractivity contribution in [1.82, 2.24) is 25.6 Å². The standard InChI is InChI=1S/C12H20N6O3/c13-4-11(19)14-5-9-7-18(17-16-9)8-12(20)15-6-10-2-1-3-21-10/h7,10H,1-6,8,13H2,(H,14,19)(H,15,20). The van der Waals surface area contributed by atoms with Crippen molar-refractivity contribution in [3.8, 4) is 0 Å². The van der Waals surface area contributed by atoms with Gasteiger partial charge in [-0.15, -0.1) is 5.10 Å². The number of rotatable bonds is 7. The molecule has 2 heterocycles. The van der Waals surface area contributed by atoms with Crippen molar-refractivity contribution in [3.63, 3.8) is 0 Å². The van der Waals surface area contributed by atoms with Crippen LogP contribution in [0.25, 0.3) is 0 Å². The van der Waals surface area contributed by atoms with Crippen molar-refractivity contribution < 1.29 is 14.3 Å². The molecule has 1 aliphatic rings. The maximum atomic E-state index is 11.7. The van der Waals surface area contributed by atoms with E-state index in [1.54, 1.807) is 6.20 Å². The monoisotopic (exact) mass is 296 g/mol. The first-order valence-corrected chi connectivity index (χ1v) is 6.91. The summed E-state index contributed by atoms with van der Waals surface area (Å²) in [5.74, 6) is -0.410. The zero-order valence-corrected chi connectivity index (χ0v) is 11.7. The molecule has 4 N–H and O–H groups in total. The number of ether oxygens (including phenoxy) is 1. The fraction of sp³-hybridized carbons (Fsp3) is 0.667. The van der Waals surface area contributed by atoms with Gasteiger partial charge in [0.15, 0.2) is 0 Å². The Hall–Kier alpha value is -2.00. The second-order valence-corrected chi connectivity index (χ2v) is 4.83. The van der Waals surface area contributed by atoms with Crippen LogP contribution < -0.4 is 16.4 Å². The van der Waals surface area contributed by atoms with Gasteiger partial charge in [-0.1, -0.05) is 5.21 Å². The SMILES string of the molecule is NCC(=O)NCc1cn(CC(=O)NCC2CCCO2)nn1. The number of carbonyl (C=O) groups excluding carboxylic acids is 2. The Labute approximate surface area is 122 Å². The van der Waals surface area contributed by atoms with Crippen molar-refractivity contribution in [2.24, 2.45) is 5.73 Å². The van der Waals surface area contributed by atoms with Crippen LogP contribution in [0.15, 0.2) is 6.20 Å². The van der Waals surface area contributed by atoms with Crippen LogP contribution in [0.3, 0.4) is 0 Å². The molecule has 21 heavy (non-hydrogen) atoms. The van der Waals surface area contributed by atoms with E-state index < -0.39 is 0 Å². The number of hydrogen-bond acceptors (Lipinski definition) is 6. The van der Waals surface area contributed by atoms with E-state index in [2.05, 4.69) is 20.9 Å². The van der Waals surface area contributed by atoms with Gasteiger partial charge in [0.2, 0.25) is 11.8 Å². The molecule has 1 aromatic rings. The highest BCUT2D eigenvalue weighted by molar-refractivity contribution is 5.77. The average Bonchev–Trinajstić information content (AvgIpc) is 3.14. The molecule has 1 unspecified atom stereocenters. The first-order chi connectivity index (χ1) is 10.2. The highest BCUT2D eigenvalue weighted by atomic mass is 16.5. The van der Waals surface area contributed by atoms with Gasteiger partial charge in [-0.25, -0.2) is 4.68 Å². The number of carbonyl (C=O) groups is 2. The normalized spacial score (nSPS) is 17.7. The van der Waals surface area contributed by atoms with E-state index in [4.69, 9.17) is 10.5 Å². The molecule has 0 aromatic carbocycles. The van der Waals surface area contributed by atoms with Crippen LogP contribution in [0.5, 0.6) is 0 Å². The summed E-state index contributed by atoms with van der Waals surface area (Å²) in [6, 6.07) is 0. The van der Waals surface area contributed by atoms with E-state index in [0.717, 1.165) is 19.4 Å². The fourth-order valence-corrected chi connectivity index (χ4v) is 1.99. The van der Waals surface area contributed by atoms with Gasteiger partial charge in [0, 0.05) is 13.2 Å². The molecule has 9 heteroatoms. The van der Waals surface area contributed by atoms with Gasteiger partial charge in [-0.05, 0) is 12.8 Å².